The number of fused-ring (bicyclic) bond motifs is 1. The molecule has 90 valence electrons. The van der Waals surface area contributed by atoms with Gasteiger partial charge in [0.05, 0.1) is 5.52 Å². The maximum absolute atomic E-state index is 12.0. The molecule has 1 aromatic heterocycles. The number of hydrogen-bond donors (Lipinski definition) is 2. The van der Waals surface area contributed by atoms with Gasteiger partial charge in [-0.25, -0.2) is 0 Å². The minimum atomic E-state index is 0.00838. The first kappa shape index (κ1) is 11.7. The highest BCUT2D eigenvalue weighted by atomic mass is 16.1. The van der Waals surface area contributed by atoms with E-state index in [0.717, 1.165) is 22.9 Å². The summed E-state index contributed by atoms with van der Waals surface area (Å²) in [4.78, 5) is 12.0. The molecule has 4 heteroatoms. The summed E-state index contributed by atoms with van der Waals surface area (Å²) in [5.74, 6) is 0. The second kappa shape index (κ2) is 4.59. The Morgan fingerprint density at radius 3 is 2.76 bits per heavy atom. The summed E-state index contributed by atoms with van der Waals surface area (Å²) < 4.78 is 1.74. The molecule has 17 heavy (non-hydrogen) atoms. The third kappa shape index (κ3) is 2.17. The van der Waals surface area contributed by atoms with Crippen molar-refractivity contribution in [2.75, 3.05) is 12.3 Å². The van der Waals surface area contributed by atoms with Crippen LogP contribution in [0.1, 0.15) is 12.0 Å². The molecule has 0 atom stereocenters. The van der Waals surface area contributed by atoms with Crippen molar-refractivity contribution in [3.05, 3.63) is 40.2 Å². The summed E-state index contributed by atoms with van der Waals surface area (Å²) in [6.07, 6.45) is 0.785. The highest BCUT2D eigenvalue weighted by Gasteiger charge is 2.06. The zero-order valence-electron chi connectivity index (χ0n) is 9.94. The Hall–Kier alpha value is -1.81. The molecule has 0 fully saturated rings. The van der Waals surface area contributed by atoms with Crippen LogP contribution < -0.4 is 17.0 Å². The number of nitrogen functional groups attached to an aromatic ring is 1. The molecule has 0 aliphatic carbocycles. The average Bonchev–Trinajstić information content (AvgIpc) is 2.28. The van der Waals surface area contributed by atoms with Crippen LogP contribution in [0.2, 0.25) is 0 Å². The van der Waals surface area contributed by atoms with Gasteiger partial charge in [0.15, 0.2) is 0 Å². The van der Waals surface area contributed by atoms with E-state index >= 15 is 0 Å². The largest absolute Gasteiger partial charge is 0.399 e. The molecule has 0 saturated heterocycles. The molecule has 2 rings (SSSR count). The third-order valence-corrected chi connectivity index (χ3v) is 2.93. The van der Waals surface area contributed by atoms with E-state index in [1.54, 1.807) is 10.6 Å². The fraction of sp³-hybridized carbons (Fsp3) is 0.308. The molecular formula is C13H17N3O. The Bertz CT molecular complexity index is 601. The van der Waals surface area contributed by atoms with Gasteiger partial charge in [0.1, 0.15) is 0 Å². The molecular weight excluding hydrogens is 214 g/mol. The van der Waals surface area contributed by atoms with E-state index in [2.05, 4.69) is 0 Å². The molecule has 1 aromatic carbocycles. The van der Waals surface area contributed by atoms with Gasteiger partial charge in [0.25, 0.3) is 5.56 Å². The predicted molar refractivity (Wildman–Crippen MR) is 71.0 cm³/mol. The second-order valence-corrected chi connectivity index (χ2v) is 4.24. The SMILES string of the molecule is Cc1cc(=O)n(CCCN)c2cc(N)ccc12. The van der Waals surface area contributed by atoms with Crippen LogP contribution in [-0.2, 0) is 6.54 Å². The highest BCUT2D eigenvalue weighted by Crippen LogP contribution is 2.19. The van der Waals surface area contributed by atoms with Crippen molar-refractivity contribution in [1.82, 2.24) is 4.57 Å². The minimum Gasteiger partial charge on any atom is -0.399 e. The standard InChI is InChI=1S/C13H17N3O/c1-9-7-13(17)16(6-2-5-14)12-8-10(15)3-4-11(9)12/h3-4,7-8H,2,5-6,14-15H2,1H3. The molecule has 0 aliphatic rings. The topological polar surface area (TPSA) is 74.0 Å². The van der Waals surface area contributed by atoms with E-state index in [9.17, 15) is 4.79 Å². The van der Waals surface area contributed by atoms with Crippen molar-refractivity contribution < 1.29 is 0 Å². The average molecular weight is 231 g/mol. The van der Waals surface area contributed by atoms with E-state index in [4.69, 9.17) is 11.5 Å². The monoisotopic (exact) mass is 231 g/mol. The first-order chi connectivity index (χ1) is 8.13. The fourth-order valence-corrected chi connectivity index (χ4v) is 2.05. The van der Waals surface area contributed by atoms with Crippen LogP contribution in [-0.4, -0.2) is 11.1 Å². The summed E-state index contributed by atoms with van der Waals surface area (Å²) in [5.41, 5.74) is 13.8. The molecule has 0 amide bonds. The third-order valence-electron chi connectivity index (χ3n) is 2.93. The summed E-state index contributed by atoms with van der Waals surface area (Å²) in [7, 11) is 0. The van der Waals surface area contributed by atoms with Crippen LogP contribution in [0.3, 0.4) is 0 Å². The fourth-order valence-electron chi connectivity index (χ4n) is 2.05. The quantitative estimate of drug-likeness (QED) is 0.780. The Morgan fingerprint density at radius 1 is 1.29 bits per heavy atom. The van der Waals surface area contributed by atoms with Gasteiger partial charge in [-0.05, 0) is 37.6 Å². The van der Waals surface area contributed by atoms with Crippen molar-refractivity contribution in [1.29, 1.82) is 0 Å². The minimum absolute atomic E-state index is 0.00838. The van der Waals surface area contributed by atoms with Crippen LogP contribution in [0.15, 0.2) is 29.1 Å². The van der Waals surface area contributed by atoms with E-state index in [1.807, 2.05) is 25.1 Å². The van der Waals surface area contributed by atoms with Crippen LogP contribution >= 0.6 is 0 Å². The number of nitrogens with two attached hydrogens (primary N) is 2. The zero-order valence-corrected chi connectivity index (χ0v) is 9.94. The second-order valence-electron chi connectivity index (χ2n) is 4.24. The van der Waals surface area contributed by atoms with E-state index in [1.165, 1.54) is 0 Å². The maximum Gasteiger partial charge on any atom is 0.251 e. The van der Waals surface area contributed by atoms with Gasteiger partial charge in [-0.2, -0.15) is 0 Å². The zero-order chi connectivity index (χ0) is 12.4. The molecule has 0 spiro atoms. The number of nitrogens with zero attached hydrogens (tertiary/aromatic N) is 1. The van der Waals surface area contributed by atoms with E-state index in [-0.39, 0.29) is 5.56 Å². The Morgan fingerprint density at radius 2 is 2.06 bits per heavy atom. The van der Waals surface area contributed by atoms with Crippen LogP contribution in [0.25, 0.3) is 10.9 Å². The molecule has 0 bridgehead atoms. The van der Waals surface area contributed by atoms with Crippen molar-refractivity contribution in [3.8, 4) is 0 Å². The molecule has 0 unspecified atom stereocenters. The Kier molecular flexibility index (Phi) is 3.15. The summed E-state index contributed by atoms with van der Waals surface area (Å²) >= 11 is 0. The lowest BCUT2D eigenvalue weighted by atomic mass is 10.1. The lowest BCUT2D eigenvalue weighted by molar-refractivity contribution is 0.650. The molecule has 0 aliphatic heterocycles. The molecule has 4 nitrogen and oxygen atoms in total. The molecule has 2 aromatic rings. The van der Waals surface area contributed by atoms with Gasteiger partial charge in [0.2, 0.25) is 0 Å². The smallest absolute Gasteiger partial charge is 0.251 e. The normalized spacial score (nSPS) is 10.9. The van der Waals surface area contributed by atoms with Crippen LogP contribution in [0, 0.1) is 6.92 Å². The van der Waals surface area contributed by atoms with Crippen molar-refractivity contribution in [2.45, 2.75) is 19.9 Å². The summed E-state index contributed by atoms with van der Waals surface area (Å²) in [5, 5.41) is 1.07. The molecule has 4 N–H and O–H groups in total. The Balaban J connectivity index is 2.71. The number of benzene rings is 1. The van der Waals surface area contributed by atoms with E-state index < -0.39 is 0 Å². The Labute approximate surface area is 99.8 Å². The number of aromatic nitrogens is 1. The van der Waals surface area contributed by atoms with Crippen molar-refractivity contribution in [3.63, 3.8) is 0 Å². The van der Waals surface area contributed by atoms with Crippen molar-refractivity contribution in [2.24, 2.45) is 5.73 Å². The van der Waals surface area contributed by atoms with Gasteiger partial charge in [0, 0.05) is 23.7 Å². The summed E-state index contributed by atoms with van der Waals surface area (Å²) in [6.45, 7) is 3.15. The highest BCUT2D eigenvalue weighted by molar-refractivity contribution is 5.85. The summed E-state index contributed by atoms with van der Waals surface area (Å²) in [6, 6.07) is 7.32. The van der Waals surface area contributed by atoms with Gasteiger partial charge < -0.3 is 16.0 Å². The van der Waals surface area contributed by atoms with Crippen LogP contribution in [0.4, 0.5) is 5.69 Å². The van der Waals surface area contributed by atoms with Gasteiger partial charge in [-0.1, -0.05) is 6.07 Å². The van der Waals surface area contributed by atoms with Gasteiger partial charge in [-0.3, -0.25) is 4.79 Å². The van der Waals surface area contributed by atoms with Gasteiger partial charge >= 0.3 is 0 Å². The number of aryl methyl sites for hydroxylation is 2. The van der Waals surface area contributed by atoms with Crippen LogP contribution in [0.5, 0.6) is 0 Å². The molecule has 0 saturated carbocycles. The molecule has 1 heterocycles. The number of hydrogen-bond acceptors (Lipinski definition) is 3. The first-order valence-corrected chi connectivity index (χ1v) is 5.73. The van der Waals surface area contributed by atoms with E-state index in [0.29, 0.717) is 18.8 Å². The van der Waals surface area contributed by atoms with Crippen molar-refractivity contribution >= 4 is 16.6 Å². The number of pyridine rings is 1. The lowest BCUT2D eigenvalue weighted by Gasteiger charge is -2.12. The maximum atomic E-state index is 12.0. The number of rotatable bonds is 3. The lowest BCUT2D eigenvalue weighted by Crippen LogP contribution is -2.21. The number of anilines is 1. The predicted octanol–water partition coefficient (Wildman–Crippen LogP) is 1.24. The molecule has 0 radical (unpaired) electrons. The first-order valence-electron chi connectivity index (χ1n) is 5.73. The van der Waals surface area contributed by atoms with Gasteiger partial charge in [-0.15, -0.1) is 0 Å².